The Bertz CT molecular complexity index is 1010. The molecule has 0 saturated heterocycles. The molecule has 3 aromatic rings. The van der Waals surface area contributed by atoms with Gasteiger partial charge in [0.2, 0.25) is 0 Å². The van der Waals surface area contributed by atoms with Gasteiger partial charge in [0.05, 0.1) is 23.0 Å². The van der Waals surface area contributed by atoms with Crippen molar-refractivity contribution in [2.24, 2.45) is 0 Å². The highest BCUT2D eigenvalue weighted by molar-refractivity contribution is 5.77. The summed E-state index contributed by atoms with van der Waals surface area (Å²) in [6.07, 6.45) is 13.7. The fourth-order valence-electron chi connectivity index (χ4n) is 2.89. The normalized spacial score (nSPS) is 11.7. The van der Waals surface area contributed by atoms with Gasteiger partial charge in [-0.2, -0.15) is 15.0 Å². The van der Waals surface area contributed by atoms with Gasteiger partial charge in [-0.25, -0.2) is 9.97 Å². The molecule has 3 heterocycles. The molecule has 0 aliphatic heterocycles. The average molecular weight is 344 g/mol. The second-order valence-electron chi connectivity index (χ2n) is 6.08. The molecule has 6 heteroatoms. The lowest BCUT2D eigenvalue weighted by Gasteiger charge is -2.19. The number of aromatic nitrogens is 4. The minimum atomic E-state index is 0.355. The SMILES string of the molecule is C#Cc1cnc(-n2ncc3cc(C#N)cnc32)cc1NC(CC)CCC. The molecule has 0 bridgehead atoms. The molecular formula is C20H20N6. The summed E-state index contributed by atoms with van der Waals surface area (Å²) in [4.78, 5) is 8.78. The van der Waals surface area contributed by atoms with Crippen LogP contribution in [0.25, 0.3) is 16.9 Å². The Labute approximate surface area is 152 Å². The van der Waals surface area contributed by atoms with Gasteiger partial charge in [0.25, 0.3) is 0 Å². The minimum absolute atomic E-state index is 0.355. The van der Waals surface area contributed by atoms with E-state index in [1.54, 1.807) is 23.1 Å². The van der Waals surface area contributed by atoms with Crippen molar-refractivity contribution in [1.29, 1.82) is 5.26 Å². The van der Waals surface area contributed by atoms with Crippen molar-refractivity contribution in [2.75, 3.05) is 5.32 Å². The van der Waals surface area contributed by atoms with Crippen LogP contribution in [-0.2, 0) is 0 Å². The van der Waals surface area contributed by atoms with Crippen molar-refractivity contribution in [2.45, 2.75) is 39.2 Å². The van der Waals surface area contributed by atoms with Gasteiger partial charge in [0.15, 0.2) is 11.5 Å². The van der Waals surface area contributed by atoms with Crippen LogP contribution in [0.5, 0.6) is 0 Å². The van der Waals surface area contributed by atoms with E-state index >= 15 is 0 Å². The van der Waals surface area contributed by atoms with Crippen molar-refractivity contribution in [3.05, 3.63) is 41.9 Å². The Balaban J connectivity index is 2.03. The van der Waals surface area contributed by atoms with E-state index < -0.39 is 0 Å². The minimum Gasteiger partial charge on any atom is -0.381 e. The molecule has 3 aromatic heterocycles. The number of nitrogens with zero attached hydrogens (tertiary/aromatic N) is 5. The summed E-state index contributed by atoms with van der Waals surface area (Å²) in [5.41, 5.74) is 2.74. The van der Waals surface area contributed by atoms with Gasteiger partial charge in [-0.05, 0) is 18.9 Å². The van der Waals surface area contributed by atoms with E-state index in [1.807, 2.05) is 6.07 Å². The van der Waals surface area contributed by atoms with Crippen molar-refractivity contribution in [1.82, 2.24) is 19.7 Å². The van der Waals surface area contributed by atoms with Crippen LogP contribution >= 0.6 is 0 Å². The quantitative estimate of drug-likeness (QED) is 0.690. The van der Waals surface area contributed by atoms with Gasteiger partial charge >= 0.3 is 0 Å². The Morgan fingerprint density at radius 2 is 2.08 bits per heavy atom. The van der Waals surface area contributed by atoms with E-state index in [0.29, 0.717) is 23.1 Å². The molecule has 1 unspecified atom stereocenters. The van der Waals surface area contributed by atoms with Crippen LogP contribution in [0.15, 0.2) is 30.7 Å². The largest absolute Gasteiger partial charge is 0.381 e. The summed E-state index contributed by atoms with van der Waals surface area (Å²) < 4.78 is 1.66. The lowest BCUT2D eigenvalue weighted by molar-refractivity contribution is 0.622. The second kappa shape index (κ2) is 7.67. The lowest BCUT2D eigenvalue weighted by Crippen LogP contribution is -2.19. The van der Waals surface area contributed by atoms with Crippen molar-refractivity contribution < 1.29 is 0 Å². The molecule has 0 saturated carbocycles. The molecule has 0 aliphatic carbocycles. The number of hydrogen-bond donors (Lipinski definition) is 1. The van der Waals surface area contributed by atoms with Gasteiger partial charge < -0.3 is 5.32 Å². The number of terminal acetylenes is 1. The molecule has 0 aliphatic rings. The van der Waals surface area contributed by atoms with Crippen LogP contribution in [0.3, 0.4) is 0 Å². The number of hydrogen-bond acceptors (Lipinski definition) is 5. The summed E-state index contributed by atoms with van der Waals surface area (Å²) in [7, 11) is 0. The molecule has 0 fully saturated rings. The van der Waals surface area contributed by atoms with Crippen LogP contribution < -0.4 is 5.32 Å². The molecule has 26 heavy (non-hydrogen) atoms. The molecule has 6 nitrogen and oxygen atoms in total. The summed E-state index contributed by atoms with van der Waals surface area (Å²) in [5, 5.41) is 17.7. The average Bonchev–Trinajstić information content (AvgIpc) is 3.10. The fourth-order valence-corrected chi connectivity index (χ4v) is 2.89. The van der Waals surface area contributed by atoms with Crippen LogP contribution in [0.4, 0.5) is 5.69 Å². The van der Waals surface area contributed by atoms with E-state index in [-0.39, 0.29) is 0 Å². The Kier molecular flexibility index (Phi) is 5.15. The summed E-state index contributed by atoms with van der Waals surface area (Å²) in [5.74, 6) is 3.32. The maximum Gasteiger partial charge on any atom is 0.164 e. The van der Waals surface area contributed by atoms with Crippen LogP contribution in [0.2, 0.25) is 0 Å². The van der Waals surface area contributed by atoms with E-state index in [2.05, 4.69) is 46.2 Å². The van der Waals surface area contributed by atoms with Gasteiger partial charge in [0, 0.05) is 29.9 Å². The topological polar surface area (TPSA) is 79.4 Å². The molecule has 1 N–H and O–H groups in total. The van der Waals surface area contributed by atoms with E-state index in [4.69, 9.17) is 11.7 Å². The molecule has 0 aromatic carbocycles. The summed E-state index contributed by atoms with van der Waals surface area (Å²) in [6, 6.07) is 6.10. The number of fused-ring (bicyclic) bond motifs is 1. The van der Waals surface area contributed by atoms with Gasteiger partial charge in [-0.1, -0.05) is 26.2 Å². The third-order valence-corrected chi connectivity index (χ3v) is 4.29. The first-order valence-electron chi connectivity index (χ1n) is 8.67. The first kappa shape index (κ1) is 17.4. The number of rotatable bonds is 6. The number of nitriles is 1. The van der Waals surface area contributed by atoms with Crippen molar-refractivity contribution in [3.63, 3.8) is 0 Å². The predicted molar refractivity (Wildman–Crippen MR) is 102 cm³/mol. The van der Waals surface area contributed by atoms with Gasteiger partial charge in [0.1, 0.15) is 6.07 Å². The standard InChI is InChI=1S/C20H20N6/c1-4-7-17(6-3)25-18-9-19(22-12-15(18)5-2)26-20-16(13-24-26)8-14(10-21)11-23-20/h2,8-9,11-13,17H,4,6-7H2,1,3H3,(H,22,25). The number of pyridine rings is 2. The summed E-state index contributed by atoms with van der Waals surface area (Å²) in [6.45, 7) is 4.32. The van der Waals surface area contributed by atoms with Crippen LogP contribution in [0.1, 0.15) is 44.2 Å². The van der Waals surface area contributed by atoms with Crippen molar-refractivity contribution >= 4 is 16.7 Å². The van der Waals surface area contributed by atoms with E-state index in [0.717, 1.165) is 35.9 Å². The first-order valence-corrected chi connectivity index (χ1v) is 8.67. The molecule has 1 atom stereocenters. The first-order chi connectivity index (χ1) is 12.7. The van der Waals surface area contributed by atoms with Crippen LogP contribution in [-0.4, -0.2) is 25.8 Å². The number of anilines is 1. The van der Waals surface area contributed by atoms with Crippen molar-refractivity contribution in [3.8, 4) is 24.2 Å². The molecule has 130 valence electrons. The Morgan fingerprint density at radius 1 is 1.23 bits per heavy atom. The molecule has 0 spiro atoms. The lowest BCUT2D eigenvalue weighted by atomic mass is 10.1. The maximum absolute atomic E-state index is 9.01. The highest BCUT2D eigenvalue weighted by Gasteiger charge is 2.13. The molecule has 3 rings (SSSR count). The van der Waals surface area contributed by atoms with Crippen LogP contribution in [0, 0.1) is 23.7 Å². The maximum atomic E-state index is 9.01. The zero-order chi connectivity index (χ0) is 18.5. The van der Waals surface area contributed by atoms with Gasteiger partial charge in [-0.3, -0.25) is 0 Å². The molecule has 0 amide bonds. The second-order valence-corrected chi connectivity index (χ2v) is 6.08. The highest BCUT2D eigenvalue weighted by atomic mass is 15.3. The number of nitrogens with one attached hydrogen (secondary N) is 1. The Hall–Kier alpha value is -3.38. The summed E-state index contributed by atoms with van der Waals surface area (Å²) >= 11 is 0. The van der Waals surface area contributed by atoms with E-state index in [9.17, 15) is 0 Å². The molecular weight excluding hydrogens is 324 g/mol. The van der Waals surface area contributed by atoms with Gasteiger partial charge in [-0.15, -0.1) is 6.42 Å². The monoisotopic (exact) mass is 344 g/mol. The predicted octanol–water partition coefficient (Wildman–Crippen LogP) is 3.66. The zero-order valence-electron chi connectivity index (χ0n) is 14.9. The third-order valence-electron chi connectivity index (χ3n) is 4.29. The fraction of sp³-hybridized carbons (Fsp3) is 0.300. The highest BCUT2D eigenvalue weighted by Crippen LogP contribution is 2.22. The smallest absolute Gasteiger partial charge is 0.164 e. The van der Waals surface area contributed by atoms with E-state index in [1.165, 1.54) is 6.20 Å². The molecule has 0 radical (unpaired) electrons. The third kappa shape index (κ3) is 3.36. The zero-order valence-corrected chi connectivity index (χ0v) is 14.9. The Morgan fingerprint density at radius 3 is 2.77 bits per heavy atom.